The van der Waals surface area contributed by atoms with Crippen molar-refractivity contribution in [1.82, 2.24) is 0 Å². The SMILES string of the molecule is CC.c1ccc(C2=NCCc3sccc32)cc1. The molecule has 0 saturated carbocycles. The van der Waals surface area contributed by atoms with Crippen molar-refractivity contribution in [2.24, 2.45) is 4.99 Å². The van der Waals surface area contributed by atoms with Crippen molar-refractivity contribution in [3.05, 3.63) is 57.8 Å². The maximum absolute atomic E-state index is 4.64. The van der Waals surface area contributed by atoms with Gasteiger partial charge in [-0.25, -0.2) is 0 Å². The smallest absolute Gasteiger partial charge is 0.0730 e. The number of thiophene rings is 1. The average molecular weight is 243 g/mol. The van der Waals surface area contributed by atoms with Gasteiger partial charge in [0.05, 0.1) is 5.71 Å². The fourth-order valence-corrected chi connectivity index (χ4v) is 2.81. The summed E-state index contributed by atoms with van der Waals surface area (Å²) in [6, 6.07) is 12.6. The minimum absolute atomic E-state index is 0.928. The topological polar surface area (TPSA) is 12.4 Å². The third kappa shape index (κ3) is 2.47. The van der Waals surface area contributed by atoms with Crippen LogP contribution < -0.4 is 0 Å². The molecule has 0 aliphatic carbocycles. The highest BCUT2D eigenvalue weighted by Crippen LogP contribution is 2.24. The van der Waals surface area contributed by atoms with Crippen LogP contribution >= 0.6 is 11.3 Å². The van der Waals surface area contributed by atoms with E-state index in [1.54, 1.807) is 0 Å². The van der Waals surface area contributed by atoms with E-state index in [0.717, 1.165) is 18.7 Å². The van der Waals surface area contributed by atoms with E-state index < -0.39 is 0 Å². The Morgan fingerprint density at radius 2 is 1.82 bits per heavy atom. The zero-order valence-electron chi connectivity index (χ0n) is 10.3. The molecule has 1 aliphatic rings. The number of fused-ring (bicyclic) bond motifs is 1. The van der Waals surface area contributed by atoms with Crippen molar-refractivity contribution in [2.45, 2.75) is 20.3 Å². The van der Waals surface area contributed by atoms with E-state index in [4.69, 9.17) is 0 Å². The minimum Gasteiger partial charge on any atom is -0.284 e. The number of rotatable bonds is 1. The molecule has 1 aromatic carbocycles. The summed E-state index contributed by atoms with van der Waals surface area (Å²) in [4.78, 5) is 6.11. The molecule has 2 heterocycles. The predicted molar refractivity (Wildman–Crippen MR) is 76.3 cm³/mol. The quantitative estimate of drug-likeness (QED) is 0.713. The molecule has 0 atom stereocenters. The molecule has 0 saturated heterocycles. The molecule has 0 radical (unpaired) electrons. The van der Waals surface area contributed by atoms with Crippen LogP contribution in [0.3, 0.4) is 0 Å². The highest BCUT2D eigenvalue weighted by atomic mass is 32.1. The lowest BCUT2D eigenvalue weighted by Crippen LogP contribution is -2.11. The first kappa shape index (κ1) is 12.1. The lowest BCUT2D eigenvalue weighted by Gasteiger charge is -2.12. The van der Waals surface area contributed by atoms with Gasteiger partial charge in [0.15, 0.2) is 0 Å². The fourth-order valence-electron chi connectivity index (χ4n) is 1.94. The summed E-state index contributed by atoms with van der Waals surface area (Å²) >= 11 is 1.84. The van der Waals surface area contributed by atoms with Crippen LogP contribution in [0.15, 0.2) is 46.8 Å². The Morgan fingerprint density at radius 3 is 2.59 bits per heavy atom. The largest absolute Gasteiger partial charge is 0.284 e. The zero-order valence-corrected chi connectivity index (χ0v) is 11.1. The van der Waals surface area contributed by atoms with Crippen LogP contribution in [0.2, 0.25) is 0 Å². The third-order valence-corrected chi connectivity index (χ3v) is 3.64. The van der Waals surface area contributed by atoms with Crippen molar-refractivity contribution in [3.63, 3.8) is 0 Å². The molecule has 0 spiro atoms. The van der Waals surface area contributed by atoms with Crippen LogP contribution in [-0.2, 0) is 6.42 Å². The number of benzene rings is 1. The lowest BCUT2D eigenvalue weighted by molar-refractivity contribution is 0.965. The van der Waals surface area contributed by atoms with Gasteiger partial charge >= 0.3 is 0 Å². The molecule has 0 unspecified atom stereocenters. The summed E-state index contributed by atoms with van der Waals surface area (Å²) in [5, 5.41) is 2.16. The molecular weight excluding hydrogens is 226 g/mol. The number of nitrogens with zero attached hydrogens (tertiary/aromatic N) is 1. The second-order valence-corrected chi connectivity index (χ2v) is 4.60. The standard InChI is InChI=1S/C13H11NS.C2H6/c1-2-4-10(5-3-1)13-11-7-9-15-12(11)6-8-14-13;1-2/h1-5,7,9H,6,8H2;1-2H3. The Bertz CT molecular complexity index is 497. The van der Waals surface area contributed by atoms with Gasteiger partial charge in [0.2, 0.25) is 0 Å². The van der Waals surface area contributed by atoms with E-state index in [9.17, 15) is 0 Å². The van der Waals surface area contributed by atoms with Crippen LogP contribution in [0, 0.1) is 0 Å². The number of hydrogen-bond donors (Lipinski definition) is 0. The molecule has 1 nitrogen and oxygen atoms in total. The van der Waals surface area contributed by atoms with Crippen LogP contribution in [0.4, 0.5) is 0 Å². The highest BCUT2D eigenvalue weighted by molar-refractivity contribution is 7.10. The molecule has 2 aromatic rings. The number of hydrogen-bond acceptors (Lipinski definition) is 2. The predicted octanol–water partition coefficient (Wildman–Crippen LogP) is 4.17. The molecule has 0 N–H and O–H groups in total. The zero-order chi connectivity index (χ0) is 12.1. The van der Waals surface area contributed by atoms with Gasteiger partial charge in [-0.15, -0.1) is 11.3 Å². The van der Waals surface area contributed by atoms with Crippen LogP contribution in [0.25, 0.3) is 0 Å². The monoisotopic (exact) mass is 243 g/mol. The molecule has 3 rings (SSSR count). The van der Waals surface area contributed by atoms with Gasteiger partial charge in [-0.1, -0.05) is 44.2 Å². The second-order valence-electron chi connectivity index (χ2n) is 3.60. The lowest BCUT2D eigenvalue weighted by atomic mass is 10.00. The fraction of sp³-hybridized carbons (Fsp3) is 0.267. The third-order valence-electron chi connectivity index (χ3n) is 2.66. The molecule has 17 heavy (non-hydrogen) atoms. The first-order valence-electron chi connectivity index (χ1n) is 6.12. The Morgan fingerprint density at radius 1 is 1.06 bits per heavy atom. The molecule has 1 aliphatic heterocycles. The van der Waals surface area contributed by atoms with Crippen molar-refractivity contribution in [2.75, 3.05) is 6.54 Å². The minimum atomic E-state index is 0.928. The van der Waals surface area contributed by atoms with Gasteiger partial charge in [0.25, 0.3) is 0 Å². The van der Waals surface area contributed by atoms with Crippen molar-refractivity contribution >= 4 is 17.0 Å². The molecule has 0 bridgehead atoms. The van der Waals surface area contributed by atoms with Gasteiger partial charge in [-0.2, -0.15) is 0 Å². The summed E-state index contributed by atoms with van der Waals surface area (Å²) < 4.78 is 0. The van der Waals surface area contributed by atoms with E-state index in [1.165, 1.54) is 16.0 Å². The first-order valence-corrected chi connectivity index (χ1v) is 7.00. The van der Waals surface area contributed by atoms with E-state index >= 15 is 0 Å². The summed E-state index contributed by atoms with van der Waals surface area (Å²) in [5.74, 6) is 0. The summed E-state index contributed by atoms with van der Waals surface area (Å²) in [7, 11) is 0. The van der Waals surface area contributed by atoms with Crippen LogP contribution in [0.1, 0.15) is 29.9 Å². The second kappa shape index (κ2) is 5.78. The van der Waals surface area contributed by atoms with E-state index in [2.05, 4.69) is 40.7 Å². The van der Waals surface area contributed by atoms with Gasteiger partial charge in [-0.3, -0.25) is 4.99 Å². The Labute approximate surface area is 107 Å². The van der Waals surface area contributed by atoms with Gasteiger partial charge < -0.3 is 0 Å². The first-order chi connectivity index (χ1) is 8.45. The summed E-state index contributed by atoms with van der Waals surface area (Å²) in [6.07, 6.45) is 1.10. The molecule has 88 valence electrons. The molecule has 2 heteroatoms. The van der Waals surface area contributed by atoms with E-state index in [0.29, 0.717) is 0 Å². The van der Waals surface area contributed by atoms with E-state index in [-0.39, 0.29) is 0 Å². The highest BCUT2D eigenvalue weighted by Gasteiger charge is 2.15. The van der Waals surface area contributed by atoms with Gasteiger partial charge in [0, 0.05) is 29.0 Å². The Balaban J connectivity index is 0.000000514. The van der Waals surface area contributed by atoms with Crippen LogP contribution in [0.5, 0.6) is 0 Å². The van der Waals surface area contributed by atoms with Gasteiger partial charge in [0.1, 0.15) is 0 Å². The summed E-state index contributed by atoms with van der Waals surface area (Å²) in [5.41, 5.74) is 3.73. The van der Waals surface area contributed by atoms with Crippen LogP contribution in [-0.4, -0.2) is 12.3 Å². The van der Waals surface area contributed by atoms with Crippen molar-refractivity contribution in [3.8, 4) is 0 Å². The molecule has 0 amide bonds. The van der Waals surface area contributed by atoms with Gasteiger partial charge in [-0.05, 0) is 11.4 Å². The van der Waals surface area contributed by atoms with Crippen molar-refractivity contribution in [1.29, 1.82) is 0 Å². The Hall–Kier alpha value is -1.41. The Kier molecular flexibility index (Phi) is 4.10. The maximum atomic E-state index is 4.64. The normalized spacial score (nSPS) is 13.2. The maximum Gasteiger partial charge on any atom is 0.0730 e. The van der Waals surface area contributed by atoms with E-state index in [1.807, 2.05) is 31.3 Å². The number of aliphatic imine (C=N–C) groups is 1. The molecule has 0 fully saturated rings. The molecular formula is C15H17NS. The van der Waals surface area contributed by atoms with Crippen molar-refractivity contribution < 1.29 is 0 Å². The summed E-state index contributed by atoms with van der Waals surface area (Å²) in [6.45, 7) is 4.93. The average Bonchev–Trinajstić information content (AvgIpc) is 2.90. The molecule has 1 aromatic heterocycles.